The van der Waals surface area contributed by atoms with Crippen molar-refractivity contribution in [3.05, 3.63) is 16.1 Å². The summed E-state index contributed by atoms with van der Waals surface area (Å²) in [7, 11) is 2.10. The molecule has 0 aromatic carbocycles. The highest BCUT2D eigenvalue weighted by Gasteiger charge is 2.09. The number of nitrogens with zero attached hydrogens (tertiary/aromatic N) is 2. The maximum Gasteiger partial charge on any atom is 0.107 e. The van der Waals surface area contributed by atoms with Crippen molar-refractivity contribution in [1.82, 2.24) is 9.88 Å². The van der Waals surface area contributed by atoms with E-state index in [1.54, 1.807) is 11.3 Å². The molecule has 0 aliphatic rings. The van der Waals surface area contributed by atoms with Gasteiger partial charge in [0.05, 0.1) is 12.2 Å². The number of aromatic nitrogens is 1. The molecule has 0 fully saturated rings. The van der Waals surface area contributed by atoms with Gasteiger partial charge in [0.2, 0.25) is 0 Å². The summed E-state index contributed by atoms with van der Waals surface area (Å²) >= 11 is 1.75. The number of hydrogen-bond donors (Lipinski definition) is 1. The fourth-order valence-corrected chi connectivity index (χ4v) is 2.23. The SMILES string of the molecule is CCCc1csc(CN(C)C(C)CN)n1. The summed E-state index contributed by atoms with van der Waals surface area (Å²) in [6.07, 6.45) is 2.25. The molecule has 0 amide bonds. The van der Waals surface area contributed by atoms with Gasteiger partial charge >= 0.3 is 0 Å². The van der Waals surface area contributed by atoms with Gasteiger partial charge in [-0.25, -0.2) is 4.98 Å². The maximum atomic E-state index is 5.62. The van der Waals surface area contributed by atoms with Crippen molar-refractivity contribution in [2.24, 2.45) is 5.73 Å². The molecule has 0 radical (unpaired) electrons. The summed E-state index contributed by atoms with van der Waals surface area (Å²) in [5.41, 5.74) is 6.85. The van der Waals surface area contributed by atoms with Crippen LogP contribution in [0.15, 0.2) is 5.38 Å². The number of aryl methyl sites for hydroxylation is 1. The zero-order valence-corrected chi connectivity index (χ0v) is 10.7. The molecule has 0 bridgehead atoms. The van der Waals surface area contributed by atoms with Crippen molar-refractivity contribution in [2.45, 2.75) is 39.3 Å². The molecule has 1 atom stereocenters. The second-order valence-electron chi connectivity index (χ2n) is 3.98. The van der Waals surface area contributed by atoms with Crippen LogP contribution in [0, 0.1) is 0 Å². The van der Waals surface area contributed by atoms with E-state index in [4.69, 9.17) is 5.73 Å². The molecular weight excluding hydrogens is 206 g/mol. The second kappa shape index (κ2) is 6.20. The average Bonchev–Trinajstić information content (AvgIpc) is 2.65. The molecule has 0 saturated heterocycles. The van der Waals surface area contributed by atoms with Crippen LogP contribution >= 0.6 is 11.3 Å². The van der Waals surface area contributed by atoms with Crippen molar-refractivity contribution in [1.29, 1.82) is 0 Å². The van der Waals surface area contributed by atoms with E-state index in [9.17, 15) is 0 Å². The third-order valence-electron chi connectivity index (χ3n) is 2.58. The van der Waals surface area contributed by atoms with Crippen LogP contribution in [0.2, 0.25) is 0 Å². The van der Waals surface area contributed by atoms with Gasteiger partial charge in [-0.15, -0.1) is 11.3 Å². The predicted octanol–water partition coefficient (Wildman–Crippen LogP) is 1.87. The Hall–Kier alpha value is -0.450. The van der Waals surface area contributed by atoms with Gasteiger partial charge in [-0.3, -0.25) is 4.90 Å². The van der Waals surface area contributed by atoms with Crippen LogP contribution in [0.4, 0.5) is 0 Å². The van der Waals surface area contributed by atoms with E-state index in [-0.39, 0.29) is 0 Å². The molecule has 15 heavy (non-hydrogen) atoms. The van der Waals surface area contributed by atoms with E-state index in [0.29, 0.717) is 12.6 Å². The van der Waals surface area contributed by atoms with Crippen LogP contribution in [0.1, 0.15) is 31.0 Å². The molecular formula is C11H21N3S. The Morgan fingerprint density at radius 1 is 1.60 bits per heavy atom. The van der Waals surface area contributed by atoms with Gasteiger partial charge in [-0.2, -0.15) is 0 Å². The predicted molar refractivity (Wildman–Crippen MR) is 66.1 cm³/mol. The molecule has 1 aromatic rings. The number of hydrogen-bond acceptors (Lipinski definition) is 4. The Bertz CT molecular complexity index is 285. The summed E-state index contributed by atoms with van der Waals surface area (Å²) < 4.78 is 0. The monoisotopic (exact) mass is 227 g/mol. The van der Waals surface area contributed by atoms with Crippen LogP contribution < -0.4 is 5.73 Å². The maximum absolute atomic E-state index is 5.62. The molecule has 2 N–H and O–H groups in total. The zero-order chi connectivity index (χ0) is 11.3. The highest BCUT2D eigenvalue weighted by atomic mass is 32.1. The molecule has 0 spiro atoms. The first kappa shape index (κ1) is 12.6. The minimum atomic E-state index is 0.420. The number of likely N-dealkylation sites (N-methyl/N-ethyl adjacent to an activating group) is 1. The minimum absolute atomic E-state index is 0.420. The zero-order valence-electron chi connectivity index (χ0n) is 9.86. The van der Waals surface area contributed by atoms with Gasteiger partial charge in [-0.05, 0) is 20.4 Å². The highest BCUT2D eigenvalue weighted by Crippen LogP contribution is 2.13. The van der Waals surface area contributed by atoms with Crippen molar-refractivity contribution in [3.63, 3.8) is 0 Å². The Balaban J connectivity index is 2.49. The van der Waals surface area contributed by atoms with E-state index in [0.717, 1.165) is 19.4 Å². The first-order valence-electron chi connectivity index (χ1n) is 5.51. The van der Waals surface area contributed by atoms with Gasteiger partial charge in [0, 0.05) is 18.0 Å². The van der Waals surface area contributed by atoms with Gasteiger partial charge in [0.15, 0.2) is 0 Å². The molecule has 0 saturated carbocycles. The Morgan fingerprint density at radius 3 is 2.93 bits per heavy atom. The first-order valence-corrected chi connectivity index (χ1v) is 6.39. The van der Waals surface area contributed by atoms with Crippen molar-refractivity contribution in [3.8, 4) is 0 Å². The summed E-state index contributed by atoms with van der Waals surface area (Å²) in [6.45, 7) is 5.93. The molecule has 0 aliphatic heterocycles. The smallest absolute Gasteiger partial charge is 0.107 e. The molecule has 4 heteroatoms. The van der Waals surface area contributed by atoms with Crippen molar-refractivity contribution >= 4 is 11.3 Å². The summed E-state index contributed by atoms with van der Waals surface area (Å²) in [5.74, 6) is 0. The molecule has 0 aliphatic carbocycles. The number of nitrogens with two attached hydrogens (primary N) is 1. The largest absolute Gasteiger partial charge is 0.329 e. The lowest BCUT2D eigenvalue weighted by Gasteiger charge is -2.21. The summed E-state index contributed by atoms with van der Waals surface area (Å²) in [5, 5.41) is 3.36. The average molecular weight is 227 g/mol. The van der Waals surface area contributed by atoms with E-state index < -0.39 is 0 Å². The number of thiazole rings is 1. The van der Waals surface area contributed by atoms with Gasteiger partial charge < -0.3 is 5.73 Å². The Morgan fingerprint density at radius 2 is 2.33 bits per heavy atom. The lowest BCUT2D eigenvalue weighted by molar-refractivity contribution is 0.254. The van der Waals surface area contributed by atoms with E-state index in [1.807, 2.05) is 0 Å². The number of rotatable bonds is 6. The molecule has 1 rings (SSSR count). The fourth-order valence-electron chi connectivity index (χ4n) is 1.34. The van der Waals surface area contributed by atoms with Crippen LogP contribution in [0.3, 0.4) is 0 Å². The van der Waals surface area contributed by atoms with E-state index in [1.165, 1.54) is 10.7 Å². The standard InChI is InChI=1S/C11H21N3S/c1-4-5-10-8-15-11(13-10)7-14(3)9(2)6-12/h8-9H,4-7,12H2,1-3H3. The van der Waals surface area contributed by atoms with Crippen LogP contribution in [-0.2, 0) is 13.0 Å². The van der Waals surface area contributed by atoms with Crippen LogP contribution in [-0.4, -0.2) is 29.5 Å². The minimum Gasteiger partial charge on any atom is -0.329 e. The summed E-state index contributed by atoms with van der Waals surface area (Å²) in [4.78, 5) is 6.84. The second-order valence-corrected chi connectivity index (χ2v) is 4.93. The van der Waals surface area contributed by atoms with Crippen molar-refractivity contribution < 1.29 is 0 Å². The van der Waals surface area contributed by atoms with Gasteiger partial charge in [0.1, 0.15) is 5.01 Å². The summed E-state index contributed by atoms with van der Waals surface area (Å²) in [6, 6.07) is 0.420. The van der Waals surface area contributed by atoms with Crippen LogP contribution in [0.25, 0.3) is 0 Å². The first-order chi connectivity index (χ1) is 7.17. The molecule has 1 aromatic heterocycles. The fraction of sp³-hybridized carbons (Fsp3) is 0.727. The third kappa shape index (κ3) is 3.89. The van der Waals surface area contributed by atoms with E-state index in [2.05, 4.69) is 36.2 Å². The third-order valence-corrected chi connectivity index (χ3v) is 3.47. The van der Waals surface area contributed by atoms with E-state index >= 15 is 0 Å². The van der Waals surface area contributed by atoms with Gasteiger partial charge in [0.25, 0.3) is 0 Å². The normalized spacial score (nSPS) is 13.4. The Kier molecular flexibility index (Phi) is 5.22. The Labute approximate surface area is 96.3 Å². The molecule has 1 unspecified atom stereocenters. The highest BCUT2D eigenvalue weighted by molar-refractivity contribution is 7.09. The van der Waals surface area contributed by atoms with Crippen LogP contribution in [0.5, 0.6) is 0 Å². The van der Waals surface area contributed by atoms with Crippen molar-refractivity contribution in [2.75, 3.05) is 13.6 Å². The lowest BCUT2D eigenvalue weighted by atomic mass is 10.3. The molecule has 1 heterocycles. The quantitative estimate of drug-likeness (QED) is 0.807. The van der Waals surface area contributed by atoms with Gasteiger partial charge in [-0.1, -0.05) is 13.3 Å². The topological polar surface area (TPSA) is 42.1 Å². The lowest BCUT2D eigenvalue weighted by Crippen LogP contribution is -2.34. The molecule has 3 nitrogen and oxygen atoms in total. The molecule has 86 valence electrons.